The maximum Gasteiger partial charge on any atom is 0.461 e. The maximum absolute atomic E-state index is 12.9. The highest BCUT2D eigenvalue weighted by atomic mass is 19.3. The number of Topliss-reactive ketones (excluding diaryl/α,β-unsaturated/α-hetero) is 1. The molecule has 0 bridgehead atoms. The molecule has 2 aromatic rings. The fourth-order valence-electron chi connectivity index (χ4n) is 2.67. The highest BCUT2D eigenvalue weighted by molar-refractivity contribution is 5.97. The van der Waals surface area contributed by atoms with Crippen molar-refractivity contribution in [2.24, 2.45) is 0 Å². The molecule has 1 aromatic heterocycles. The second-order valence-electron chi connectivity index (χ2n) is 6.84. The van der Waals surface area contributed by atoms with Crippen molar-refractivity contribution < 1.29 is 31.8 Å². The molecule has 0 aliphatic rings. The van der Waals surface area contributed by atoms with Crippen molar-refractivity contribution in [1.29, 1.82) is 0 Å². The van der Waals surface area contributed by atoms with Gasteiger partial charge in [0, 0.05) is 11.3 Å². The Balaban J connectivity index is 1.82. The third-order valence-corrected chi connectivity index (χ3v) is 4.34. The minimum absolute atomic E-state index is 0.00466. The third kappa shape index (κ3) is 7.65. The Morgan fingerprint density at radius 1 is 1.00 bits per heavy atom. The average molecular weight is 427 g/mol. The minimum atomic E-state index is -4.59. The molecule has 8 heteroatoms. The Kier molecular flexibility index (Phi) is 9.08. The predicted octanol–water partition coefficient (Wildman–Crippen LogP) is 6.09. The van der Waals surface area contributed by atoms with Crippen molar-refractivity contribution in [2.75, 3.05) is 6.61 Å². The lowest BCUT2D eigenvalue weighted by atomic mass is 10.1. The van der Waals surface area contributed by atoms with Gasteiger partial charge in [-0.25, -0.2) is 0 Å². The zero-order chi connectivity index (χ0) is 22.0. The molecular formula is C22H25F4NO3. The van der Waals surface area contributed by atoms with E-state index in [1.807, 2.05) is 0 Å². The molecule has 0 unspecified atom stereocenters. The largest absolute Gasteiger partial charge is 0.492 e. The topological polar surface area (TPSA) is 48.4 Å². The van der Waals surface area contributed by atoms with Crippen molar-refractivity contribution in [1.82, 2.24) is 4.98 Å². The molecule has 0 radical (unpaired) electrons. The molecule has 4 nitrogen and oxygen atoms in total. The smallest absolute Gasteiger partial charge is 0.461 e. The van der Waals surface area contributed by atoms with Gasteiger partial charge in [0.1, 0.15) is 11.5 Å². The highest BCUT2D eigenvalue weighted by Gasteiger charge is 2.43. The number of unbranched alkanes of at least 4 members (excludes halogenated alkanes) is 4. The minimum Gasteiger partial charge on any atom is -0.492 e. The van der Waals surface area contributed by atoms with Crippen LogP contribution in [0.5, 0.6) is 11.5 Å². The summed E-state index contributed by atoms with van der Waals surface area (Å²) in [5.74, 6) is -0.117. The first-order chi connectivity index (χ1) is 14.3. The Morgan fingerprint density at radius 2 is 1.67 bits per heavy atom. The van der Waals surface area contributed by atoms with Crippen LogP contribution in [0.1, 0.15) is 55.1 Å². The van der Waals surface area contributed by atoms with E-state index in [2.05, 4.69) is 16.6 Å². The maximum atomic E-state index is 12.9. The number of hydrogen-bond donors (Lipinski definition) is 0. The predicted molar refractivity (Wildman–Crippen MR) is 105 cm³/mol. The summed E-state index contributed by atoms with van der Waals surface area (Å²) in [7, 11) is 0. The molecule has 2 rings (SSSR count). The SMILES string of the molecule is CCCCCCCOc1ccc(CC(=O)c2ccc(OC(F)(F)C(F)F)cc2)nc1. The van der Waals surface area contributed by atoms with E-state index in [-0.39, 0.29) is 17.8 Å². The summed E-state index contributed by atoms with van der Waals surface area (Å²) < 4.78 is 59.7. The third-order valence-electron chi connectivity index (χ3n) is 4.34. The molecule has 1 aromatic carbocycles. The normalized spacial score (nSPS) is 11.5. The molecule has 0 atom stereocenters. The highest BCUT2D eigenvalue weighted by Crippen LogP contribution is 2.27. The van der Waals surface area contributed by atoms with Crippen molar-refractivity contribution >= 4 is 5.78 Å². The molecule has 0 fully saturated rings. The number of rotatable bonds is 13. The van der Waals surface area contributed by atoms with Crippen LogP contribution in [0.3, 0.4) is 0 Å². The summed E-state index contributed by atoms with van der Waals surface area (Å²) in [6, 6.07) is 8.02. The number of halogens is 4. The van der Waals surface area contributed by atoms with Crippen LogP contribution < -0.4 is 9.47 Å². The first-order valence-electron chi connectivity index (χ1n) is 9.87. The number of benzene rings is 1. The molecule has 0 N–H and O–H groups in total. The van der Waals surface area contributed by atoms with Crippen LogP contribution in [-0.4, -0.2) is 29.9 Å². The Labute approximate surface area is 173 Å². The van der Waals surface area contributed by atoms with Gasteiger partial charge in [-0.1, -0.05) is 32.6 Å². The van der Waals surface area contributed by atoms with E-state index >= 15 is 0 Å². The van der Waals surface area contributed by atoms with Crippen LogP contribution in [0.25, 0.3) is 0 Å². The van der Waals surface area contributed by atoms with E-state index in [9.17, 15) is 22.4 Å². The second-order valence-corrected chi connectivity index (χ2v) is 6.84. The van der Waals surface area contributed by atoms with E-state index in [0.717, 1.165) is 25.0 Å². The van der Waals surface area contributed by atoms with Gasteiger partial charge in [-0.2, -0.15) is 17.6 Å². The van der Waals surface area contributed by atoms with E-state index in [1.54, 1.807) is 18.3 Å². The molecule has 0 spiro atoms. The van der Waals surface area contributed by atoms with Gasteiger partial charge in [0.15, 0.2) is 5.78 Å². The summed E-state index contributed by atoms with van der Waals surface area (Å²) in [6.07, 6.45) is -1.27. The molecular weight excluding hydrogens is 402 g/mol. The number of aromatic nitrogens is 1. The summed E-state index contributed by atoms with van der Waals surface area (Å²) in [5, 5.41) is 0. The summed E-state index contributed by atoms with van der Waals surface area (Å²) in [4.78, 5) is 16.5. The quantitative estimate of drug-likeness (QED) is 0.220. The van der Waals surface area contributed by atoms with Crippen LogP contribution in [0, 0.1) is 0 Å². The second kappa shape index (κ2) is 11.5. The van der Waals surface area contributed by atoms with Gasteiger partial charge in [-0.3, -0.25) is 9.78 Å². The molecule has 164 valence electrons. The molecule has 30 heavy (non-hydrogen) atoms. The van der Waals surface area contributed by atoms with Crippen molar-refractivity contribution in [3.8, 4) is 11.5 Å². The van der Waals surface area contributed by atoms with Gasteiger partial charge < -0.3 is 9.47 Å². The van der Waals surface area contributed by atoms with Crippen molar-refractivity contribution in [3.63, 3.8) is 0 Å². The van der Waals surface area contributed by atoms with Crippen LogP contribution in [0.2, 0.25) is 0 Å². The van der Waals surface area contributed by atoms with Gasteiger partial charge >= 0.3 is 12.5 Å². The van der Waals surface area contributed by atoms with Gasteiger partial charge in [-0.05, 0) is 42.8 Å². The van der Waals surface area contributed by atoms with Gasteiger partial charge in [0.25, 0.3) is 0 Å². The van der Waals surface area contributed by atoms with Crippen LogP contribution in [0.15, 0.2) is 42.6 Å². The van der Waals surface area contributed by atoms with Crippen LogP contribution in [-0.2, 0) is 6.42 Å². The zero-order valence-electron chi connectivity index (χ0n) is 16.8. The number of alkyl halides is 4. The van der Waals surface area contributed by atoms with E-state index in [1.165, 1.54) is 31.4 Å². The standard InChI is InChI=1S/C22H25F4NO3/c1-2-3-4-5-6-13-29-19-12-9-17(27-15-19)14-20(28)16-7-10-18(11-8-16)30-22(25,26)21(23)24/h7-12,15,21H,2-6,13-14H2,1H3. The Bertz CT molecular complexity index is 780. The molecule has 0 amide bonds. The summed E-state index contributed by atoms with van der Waals surface area (Å²) in [6.45, 7) is 2.78. The average Bonchev–Trinajstić information content (AvgIpc) is 2.72. The lowest BCUT2D eigenvalue weighted by molar-refractivity contribution is -0.253. The first-order valence-corrected chi connectivity index (χ1v) is 9.87. The monoisotopic (exact) mass is 427 g/mol. The van der Waals surface area contributed by atoms with Gasteiger partial charge in [0.05, 0.1) is 19.2 Å². The number of ether oxygens (including phenoxy) is 2. The number of hydrogen-bond acceptors (Lipinski definition) is 4. The molecule has 0 aliphatic heterocycles. The van der Waals surface area contributed by atoms with Crippen molar-refractivity contribution in [2.45, 2.75) is 58.0 Å². The molecule has 0 saturated carbocycles. The number of nitrogens with zero attached hydrogens (tertiary/aromatic N) is 1. The number of carbonyl (C=O) groups excluding carboxylic acids is 1. The van der Waals surface area contributed by atoms with Gasteiger partial charge in [-0.15, -0.1) is 0 Å². The number of pyridine rings is 1. The van der Waals surface area contributed by atoms with Crippen LogP contribution >= 0.6 is 0 Å². The Hall–Kier alpha value is -2.64. The van der Waals surface area contributed by atoms with E-state index < -0.39 is 18.3 Å². The molecule has 0 saturated heterocycles. The lowest BCUT2D eigenvalue weighted by Crippen LogP contribution is -2.33. The molecule has 0 aliphatic carbocycles. The number of ketones is 1. The fourth-order valence-corrected chi connectivity index (χ4v) is 2.67. The van der Waals surface area contributed by atoms with E-state index in [0.29, 0.717) is 18.1 Å². The van der Waals surface area contributed by atoms with Crippen LogP contribution in [0.4, 0.5) is 17.6 Å². The Morgan fingerprint density at radius 3 is 2.27 bits per heavy atom. The summed E-state index contributed by atoms with van der Waals surface area (Å²) >= 11 is 0. The zero-order valence-corrected chi connectivity index (χ0v) is 16.8. The number of carbonyl (C=O) groups is 1. The fraction of sp³-hybridized carbons (Fsp3) is 0.455. The summed E-state index contributed by atoms with van der Waals surface area (Å²) in [5.41, 5.74) is 0.761. The first kappa shape index (κ1) is 23.6. The van der Waals surface area contributed by atoms with Gasteiger partial charge in [0.2, 0.25) is 0 Å². The lowest BCUT2D eigenvalue weighted by Gasteiger charge is -2.16. The van der Waals surface area contributed by atoms with Crippen molar-refractivity contribution in [3.05, 3.63) is 53.9 Å². The molecule has 1 heterocycles. The van der Waals surface area contributed by atoms with E-state index in [4.69, 9.17) is 4.74 Å².